The molecule has 0 spiro atoms. The highest BCUT2D eigenvalue weighted by atomic mass is 16.3. The van der Waals surface area contributed by atoms with Crippen LogP contribution in [0.2, 0.25) is 0 Å². The van der Waals surface area contributed by atoms with E-state index in [0.717, 1.165) is 78.7 Å². The number of aromatic nitrogens is 3. The van der Waals surface area contributed by atoms with E-state index in [1.165, 1.54) is 0 Å². The second-order valence-electron chi connectivity index (χ2n) is 12.4. The van der Waals surface area contributed by atoms with Crippen LogP contribution in [0.25, 0.3) is 78.1 Å². The van der Waals surface area contributed by atoms with E-state index in [9.17, 15) is 0 Å². The fourth-order valence-corrected chi connectivity index (χ4v) is 6.71. The lowest BCUT2D eigenvalue weighted by Gasteiger charge is -2.15. The van der Waals surface area contributed by atoms with Crippen LogP contribution in [0.4, 0.5) is 0 Å². The molecule has 0 amide bonds. The zero-order valence-corrected chi connectivity index (χ0v) is 26.7. The van der Waals surface area contributed by atoms with Crippen LogP contribution in [0.15, 0.2) is 174 Å². The third kappa shape index (κ3) is 5.53. The van der Waals surface area contributed by atoms with Crippen molar-refractivity contribution in [1.82, 2.24) is 15.0 Å². The zero-order valence-electron chi connectivity index (χ0n) is 26.7. The Hall–Kier alpha value is -6.39. The van der Waals surface area contributed by atoms with Gasteiger partial charge in [0.1, 0.15) is 17.0 Å². The minimum Gasteiger partial charge on any atom is -0.455 e. The Morgan fingerprint density at radius 1 is 0.469 bits per heavy atom. The van der Waals surface area contributed by atoms with Crippen LogP contribution in [-0.2, 0) is 0 Å². The van der Waals surface area contributed by atoms with E-state index in [0.29, 0.717) is 11.6 Å². The second kappa shape index (κ2) is 12.3. The Balaban J connectivity index is 1.17. The van der Waals surface area contributed by atoms with Crippen LogP contribution in [0.1, 0.15) is 18.2 Å². The average Bonchev–Trinajstić information content (AvgIpc) is 3.58. The molecule has 232 valence electrons. The molecule has 6 aromatic carbocycles. The van der Waals surface area contributed by atoms with E-state index in [-0.39, 0.29) is 5.92 Å². The number of allylic oxidation sites excluding steroid dienone is 4. The van der Waals surface area contributed by atoms with E-state index in [1.54, 1.807) is 0 Å². The molecule has 2 heterocycles. The maximum Gasteiger partial charge on any atom is 0.163 e. The van der Waals surface area contributed by atoms with E-state index < -0.39 is 0 Å². The SMILES string of the molecule is C1=CCC(c2nc(-c3ccccc3)nc(-c3cc(-c4ccccc4)cc(-c4ccc(-c5cccc6c5oc5ccccc56)cc4)c3)n2)C=C1. The normalized spacial score (nSPS) is 14.1. The molecule has 1 atom stereocenters. The molecule has 1 aliphatic rings. The molecule has 0 aliphatic heterocycles. The topological polar surface area (TPSA) is 51.8 Å². The van der Waals surface area contributed by atoms with Gasteiger partial charge in [0.15, 0.2) is 11.6 Å². The van der Waals surface area contributed by atoms with Crippen LogP contribution >= 0.6 is 0 Å². The van der Waals surface area contributed by atoms with Crippen LogP contribution in [0.5, 0.6) is 0 Å². The van der Waals surface area contributed by atoms with Gasteiger partial charge < -0.3 is 4.42 Å². The van der Waals surface area contributed by atoms with E-state index in [2.05, 4.69) is 133 Å². The lowest BCUT2D eigenvalue weighted by Crippen LogP contribution is -2.08. The second-order valence-corrected chi connectivity index (χ2v) is 12.4. The maximum absolute atomic E-state index is 6.35. The van der Waals surface area contributed by atoms with Gasteiger partial charge in [0.2, 0.25) is 0 Å². The highest BCUT2D eigenvalue weighted by Gasteiger charge is 2.19. The predicted octanol–water partition coefficient (Wildman–Crippen LogP) is 11.7. The molecule has 4 nitrogen and oxygen atoms in total. The van der Waals surface area contributed by atoms with Crippen LogP contribution in [0.3, 0.4) is 0 Å². The van der Waals surface area contributed by atoms with Crippen molar-refractivity contribution in [3.8, 4) is 56.2 Å². The van der Waals surface area contributed by atoms with Gasteiger partial charge in [-0.15, -0.1) is 0 Å². The van der Waals surface area contributed by atoms with Crippen molar-refractivity contribution in [2.24, 2.45) is 0 Å². The van der Waals surface area contributed by atoms with E-state index in [4.69, 9.17) is 19.4 Å². The van der Waals surface area contributed by atoms with E-state index >= 15 is 0 Å². The summed E-state index contributed by atoms with van der Waals surface area (Å²) in [6.45, 7) is 0. The number of furan rings is 1. The lowest BCUT2D eigenvalue weighted by molar-refractivity contribution is 0.670. The summed E-state index contributed by atoms with van der Waals surface area (Å²) in [4.78, 5) is 15.1. The van der Waals surface area contributed by atoms with Gasteiger partial charge in [0.05, 0.1) is 0 Å². The molecule has 0 bridgehead atoms. The standard InChI is InChI=1S/C45H31N3O/c1-4-13-30(14-5-1)35-27-36(31-23-25-32(26-24-31)38-20-12-21-40-39-19-10-11-22-41(39)49-42(38)40)29-37(28-35)45-47-43(33-15-6-2-7-16-33)46-44(48-45)34-17-8-3-9-18-34/h1-17,19-29,34H,18H2. The summed E-state index contributed by atoms with van der Waals surface area (Å²) in [6.07, 6.45) is 9.36. The molecule has 0 fully saturated rings. The summed E-state index contributed by atoms with van der Waals surface area (Å²) in [6, 6.07) is 50.6. The van der Waals surface area contributed by atoms with Gasteiger partial charge in [-0.2, -0.15) is 0 Å². The minimum atomic E-state index is 0.0924. The number of rotatable bonds is 6. The van der Waals surface area contributed by atoms with Gasteiger partial charge in [-0.25, -0.2) is 15.0 Å². The monoisotopic (exact) mass is 629 g/mol. The Kier molecular flexibility index (Phi) is 7.25. The van der Waals surface area contributed by atoms with Crippen molar-refractivity contribution in [3.05, 3.63) is 176 Å². The molecule has 0 saturated carbocycles. The first-order valence-electron chi connectivity index (χ1n) is 16.6. The van der Waals surface area contributed by atoms with Crippen molar-refractivity contribution < 1.29 is 4.42 Å². The van der Waals surface area contributed by atoms with Crippen LogP contribution in [0, 0.1) is 0 Å². The first kappa shape index (κ1) is 28.8. The number of hydrogen-bond donors (Lipinski definition) is 0. The van der Waals surface area contributed by atoms with Gasteiger partial charge in [0, 0.05) is 33.4 Å². The molecule has 0 radical (unpaired) electrons. The Morgan fingerprint density at radius 3 is 1.82 bits per heavy atom. The number of fused-ring (bicyclic) bond motifs is 3. The number of nitrogens with zero attached hydrogens (tertiary/aromatic N) is 3. The fraction of sp³-hybridized carbons (Fsp3) is 0.0444. The molecule has 49 heavy (non-hydrogen) atoms. The zero-order chi connectivity index (χ0) is 32.6. The smallest absolute Gasteiger partial charge is 0.163 e. The largest absolute Gasteiger partial charge is 0.455 e. The molecule has 4 heteroatoms. The molecular formula is C45H31N3O. The Morgan fingerprint density at radius 2 is 1.08 bits per heavy atom. The number of benzene rings is 6. The molecule has 1 aliphatic carbocycles. The first-order chi connectivity index (χ1) is 24.3. The Labute approximate surface area is 284 Å². The van der Waals surface area contributed by atoms with Crippen molar-refractivity contribution >= 4 is 21.9 Å². The van der Waals surface area contributed by atoms with Crippen LogP contribution in [-0.4, -0.2) is 15.0 Å². The van der Waals surface area contributed by atoms with Crippen molar-refractivity contribution in [3.63, 3.8) is 0 Å². The number of para-hydroxylation sites is 2. The summed E-state index contributed by atoms with van der Waals surface area (Å²) in [5, 5.41) is 2.26. The van der Waals surface area contributed by atoms with Crippen molar-refractivity contribution in [2.75, 3.05) is 0 Å². The summed E-state index contributed by atoms with van der Waals surface area (Å²) in [7, 11) is 0. The maximum atomic E-state index is 6.35. The quantitative estimate of drug-likeness (QED) is 0.184. The van der Waals surface area contributed by atoms with Crippen molar-refractivity contribution in [1.29, 1.82) is 0 Å². The lowest BCUT2D eigenvalue weighted by atomic mass is 9.94. The summed E-state index contributed by atoms with van der Waals surface area (Å²) in [5.74, 6) is 2.22. The van der Waals surface area contributed by atoms with Gasteiger partial charge in [-0.1, -0.05) is 146 Å². The average molecular weight is 630 g/mol. The van der Waals surface area contributed by atoms with Gasteiger partial charge in [-0.05, 0) is 58.5 Å². The summed E-state index contributed by atoms with van der Waals surface area (Å²) < 4.78 is 6.35. The highest BCUT2D eigenvalue weighted by molar-refractivity contribution is 6.09. The molecule has 1 unspecified atom stereocenters. The first-order valence-corrected chi connectivity index (χ1v) is 16.6. The van der Waals surface area contributed by atoms with Crippen molar-refractivity contribution in [2.45, 2.75) is 12.3 Å². The fourth-order valence-electron chi connectivity index (χ4n) is 6.71. The molecule has 9 rings (SSSR count). The molecule has 0 saturated heterocycles. The molecular weight excluding hydrogens is 599 g/mol. The Bertz CT molecular complexity index is 2510. The minimum absolute atomic E-state index is 0.0924. The number of hydrogen-bond acceptors (Lipinski definition) is 4. The van der Waals surface area contributed by atoms with Gasteiger partial charge >= 0.3 is 0 Å². The predicted molar refractivity (Wildman–Crippen MR) is 200 cm³/mol. The highest BCUT2D eigenvalue weighted by Crippen LogP contribution is 2.38. The summed E-state index contributed by atoms with van der Waals surface area (Å²) in [5.41, 5.74) is 10.4. The van der Waals surface area contributed by atoms with Crippen LogP contribution < -0.4 is 0 Å². The van der Waals surface area contributed by atoms with Gasteiger partial charge in [-0.3, -0.25) is 0 Å². The van der Waals surface area contributed by atoms with Gasteiger partial charge in [0.25, 0.3) is 0 Å². The molecule has 8 aromatic rings. The van der Waals surface area contributed by atoms with E-state index in [1.807, 2.05) is 36.4 Å². The summed E-state index contributed by atoms with van der Waals surface area (Å²) >= 11 is 0. The molecule has 2 aromatic heterocycles. The molecule has 0 N–H and O–H groups in total. The third-order valence-electron chi connectivity index (χ3n) is 9.23. The third-order valence-corrected chi connectivity index (χ3v) is 9.23.